The van der Waals surface area contributed by atoms with Gasteiger partial charge in [0, 0.05) is 27.7 Å². The van der Waals surface area contributed by atoms with Crippen LogP contribution in [0.3, 0.4) is 0 Å². The fraction of sp³-hybridized carbons (Fsp3) is 0.200. The van der Waals surface area contributed by atoms with E-state index in [-0.39, 0.29) is 23.0 Å². The number of hydrogen-bond acceptors (Lipinski definition) is 9. The summed E-state index contributed by atoms with van der Waals surface area (Å²) in [4.78, 5) is 46.6. The first-order chi connectivity index (χ1) is 13.7. The van der Waals surface area contributed by atoms with E-state index in [4.69, 9.17) is 18.9 Å². The largest absolute Gasteiger partial charge is 0.423 e. The molecule has 0 atom stereocenters. The average Bonchev–Trinajstić information content (AvgIpc) is 2.58. The van der Waals surface area contributed by atoms with E-state index < -0.39 is 23.9 Å². The molecule has 8 nitrogen and oxygen atoms in total. The fourth-order valence-corrected chi connectivity index (χ4v) is 3.23. The van der Waals surface area contributed by atoms with Crippen LogP contribution in [0.1, 0.15) is 27.7 Å². The molecule has 0 heterocycles. The van der Waals surface area contributed by atoms with E-state index >= 15 is 0 Å². The average molecular weight is 418 g/mol. The first-order valence-corrected chi connectivity index (χ1v) is 9.16. The summed E-state index contributed by atoms with van der Waals surface area (Å²) in [5.74, 6) is -2.21. The molecular weight excluding hydrogens is 400 g/mol. The van der Waals surface area contributed by atoms with Gasteiger partial charge in [0.15, 0.2) is 23.0 Å². The third kappa shape index (κ3) is 6.35. The van der Waals surface area contributed by atoms with Crippen LogP contribution in [0.4, 0.5) is 0 Å². The molecule has 2 aromatic rings. The van der Waals surface area contributed by atoms with Gasteiger partial charge in [-0.3, -0.25) is 19.2 Å². The highest BCUT2D eigenvalue weighted by Gasteiger charge is 2.20. The molecule has 0 amide bonds. The summed E-state index contributed by atoms with van der Waals surface area (Å²) < 4.78 is 20.7. The number of benzene rings is 2. The molecule has 0 bridgehead atoms. The second-order valence-corrected chi connectivity index (χ2v) is 6.73. The Kier molecular flexibility index (Phi) is 7.38. The van der Waals surface area contributed by atoms with Crippen LogP contribution in [-0.2, 0) is 19.2 Å². The van der Waals surface area contributed by atoms with Gasteiger partial charge in [-0.1, -0.05) is 23.9 Å². The molecule has 9 heteroatoms. The van der Waals surface area contributed by atoms with Crippen LogP contribution < -0.4 is 18.9 Å². The maximum atomic E-state index is 11.5. The van der Waals surface area contributed by atoms with E-state index in [1.165, 1.54) is 39.8 Å². The second kappa shape index (κ2) is 9.74. The highest BCUT2D eigenvalue weighted by molar-refractivity contribution is 7.99. The summed E-state index contributed by atoms with van der Waals surface area (Å²) in [7, 11) is 0. The number of para-hydroxylation sites is 2. The summed E-state index contributed by atoms with van der Waals surface area (Å²) in [5.41, 5.74) is 0. The summed E-state index contributed by atoms with van der Waals surface area (Å²) in [6.45, 7) is 4.87. The van der Waals surface area contributed by atoms with Crippen molar-refractivity contribution in [1.82, 2.24) is 0 Å². The summed E-state index contributed by atoms with van der Waals surface area (Å²) >= 11 is 1.07. The number of hydrogen-bond donors (Lipinski definition) is 0. The quantitative estimate of drug-likeness (QED) is 0.514. The number of carbonyl (C=O) groups excluding carboxylic acids is 4. The first-order valence-electron chi connectivity index (χ1n) is 8.35. The summed E-state index contributed by atoms with van der Waals surface area (Å²) in [6, 6.07) is 9.43. The number of carbonyl (C=O) groups is 4. The Labute approximate surface area is 171 Å². The van der Waals surface area contributed by atoms with Gasteiger partial charge in [-0.2, -0.15) is 0 Å². The lowest BCUT2D eigenvalue weighted by atomic mass is 10.3. The highest BCUT2D eigenvalue weighted by atomic mass is 32.2. The Hall–Kier alpha value is -3.33. The number of esters is 4. The van der Waals surface area contributed by atoms with E-state index in [1.54, 1.807) is 24.3 Å². The minimum atomic E-state index is -0.611. The van der Waals surface area contributed by atoms with Crippen molar-refractivity contribution in [2.75, 3.05) is 0 Å². The van der Waals surface area contributed by atoms with Gasteiger partial charge in [-0.25, -0.2) is 0 Å². The molecule has 0 aromatic heterocycles. The Morgan fingerprint density at radius 3 is 1.24 bits per heavy atom. The molecule has 0 spiro atoms. The third-order valence-corrected chi connectivity index (χ3v) is 4.19. The van der Waals surface area contributed by atoms with Crippen LogP contribution in [0.5, 0.6) is 23.0 Å². The number of rotatable bonds is 6. The zero-order valence-corrected chi connectivity index (χ0v) is 17.0. The zero-order valence-electron chi connectivity index (χ0n) is 16.1. The highest BCUT2D eigenvalue weighted by Crippen LogP contribution is 2.46. The number of ether oxygens (including phenoxy) is 4. The second-order valence-electron chi connectivity index (χ2n) is 5.64. The standard InChI is InChI=1S/C20H18O8S/c1-11(21)25-15-7-5-9-17(19(15)27-13(3)23)29-18-10-6-8-16(26-12(2)22)20(18)28-14(4)24/h5-10H,1-4H3. The molecule has 152 valence electrons. The molecule has 0 aliphatic rings. The van der Waals surface area contributed by atoms with Gasteiger partial charge in [-0.15, -0.1) is 0 Å². The van der Waals surface area contributed by atoms with Crippen molar-refractivity contribution < 1.29 is 38.1 Å². The molecule has 2 aromatic carbocycles. The Balaban J connectivity index is 2.55. The Morgan fingerprint density at radius 2 is 0.931 bits per heavy atom. The normalized spacial score (nSPS) is 10.1. The van der Waals surface area contributed by atoms with E-state index in [9.17, 15) is 19.2 Å². The molecule has 0 aliphatic carbocycles. The molecule has 0 aliphatic heterocycles. The lowest BCUT2D eigenvalue weighted by Gasteiger charge is -2.15. The van der Waals surface area contributed by atoms with Crippen LogP contribution in [0.25, 0.3) is 0 Å². The van der Waals surface area contributed by atoms with Crippen LogP contribution in [-0.4, -0.2) is 23.9 Å². The first kappa shape index (κ1) is 22.0. The predicted molar refractivity (Wildman–Crippen MR) is 102 cm³/mol. The van der Waals surface area contributed by atoms with E-state index in [1.807, 2.05) is 0 Å². The predicted octanol–water partition coefficient (Wildman–Crippen LogP) is 3.54. The summed E-state index contributed by atoms with van der Waals surface area (Å²) in [5, 5.41) is 0. The van der Waals surface area contributed by atoms with Crippen molar-refractivity contribution in [3.05, 3.63) is 36.4 Å². The van der Waals surface area contributed by atoms with Crippen molar-refractivity contribution >= 4 is 35.6 Å². The minimum absolute atomic E-state index is 0.0341. The van der Waals surface area contributed by atoms with Gasteiger partial charge in [-0.05, 0) is 24.3 Å². The Morgan fingerprint density at radius 1 is 0.586 bits per heavy atom. The van der Waals surface area contributed by atoms with E-state index in [2.05, 4.69) is 0 Å². The van der Waals surface area contributed by atoms with Gasteiger partial charge in [0.2, 0.25) is 0 Å². The molecule has 2 rings (SSSR count). The van der Waals surface area contributed by atoms with Crippen molar-refractivity contribution in [3.63, 3.8) is 0 Å². The van der Waals surface area contributed by atoms with Gasteiger partial charge in [0.05, 0.1) is 9.79 Å². The van der Waals surface area contributed by atoms with Gasteiger partial charge in [0.1, 0.15) is 0 Å². The maximum absolute atomic E-state index is 11.5. The molecule has 0 N–H and O–H groups in total. The SMILES string of the molecule is CC(=O)Oc1cccc(Sc2cccc(OC(C)=O)c2OC(C)=O)c1OC(C)=O. The fourth-order valence-electron chi connectivity index (χ4n) is 2.23. The monoisotopic (exact) mass is 418 g/mol. The lowest BCUT2D eigenvalue weighted by Crippen LogP contribution is -2.09. The summed E-state index contributed by atoms with van der Waals surface area (Å²) in [6.07, 6.45) is 0. The smallest absolute Gasteiger partial charge is 0.308 e. The lowest BCUT2D eigenvalue weighted by molar-refractivity contribution is -0.134. The minimum Gasteiger partial charge on any atom is -0.423 e. The van der Waals surface area contributed by atoms with E-state index in [0.717, 1.165) is 11.8 Å². The third-order valence-electron chi connectivity index (χ3n) is 3.10. The van der Waals surface area contributed by atoms with Gasteiger partial charge in [0.25, 0.3) is 0 Å². The van der Waals surface area contributed by atoms with E-state index in [0.29, 0.717) is 9.79 Å². The topological polar surface area (TPSA) is 105 Å². The van der Waals surface area contributed by atoms with Crippen molar-refractivity contribution in [1.29, 1.82) is 0 Å². The van der Waals surface area contributed by atoms with Gasteiger partial charge < -0.3 is 18.9 Å². The molecule has 0 saturated heterocycles. The molecule has 0 saturated carbocycles. The van der Waals surface area contributed by atoms with Crippen molar-refractivity contribution in [2.24, 2.45) is 0 Å². The van der Waals surface area contributed by atoms with Gasteiger partial charge >= 0.3 is 23.9 Å². The van der Waals surface area contributed by atoms with Crippen LogP contribution in [0.15, 0.2) is 46.2 Å². The molecular formula is C20H18O8S. The van der Waals surface area contributed by atoms with Crippen LogP contribution in [0, 0.1) is 0 Å². The molecule has 0 unspecified atom stereocenters. The molecule has 0 fully saturated rings. The maximum Gasteiger partial charge on any atom is 0.308 e. The molecule has 0 radical (unpaired) electrons. The van der Waals surface area contributed by atoms with Crippen molar-refractivity contribution in [3.8, 4) is 23.0 Å². The zero-order chi connectivity index (χ0) is 21.6. The van der Waals surface area contributed by atoms with Crippen molar-refractivity contribution in [2.45, 2.75) is 37.5 Å². The Bertz CT molecular complexity index is 889. The van der Waals surface area contributed by atoms with Crippen LogP contribution >= 0.6 is 11.8 Å². The van der Waals surface area contributed by atoms with Crippen LogP contribution in [0.2, 0.25) is 0 Å². The molecule has 29 heavy (non-hydrogen) atoms.